The molecule has 1 aliphatic rings. The molecule has 2 amide bonds. The Labute approximate surface area is 135 Å². The lowest BCUT2D eigenvalue weighted by Crippen LogP contribution is -2.35. The zero-order valence-corrected chi connectivity index (χ0v) is 13.6. The first kappa shape index (κ1) is 15.6. The molecule has 7 nitrogen and oxygen atoms in total. The number of aromatic nitrogens is 2. The van der Waals surface area contributed by atoms with Gasteiger partial charge in [-0.2, -0.15) is 0 Å². The van der Waals surface area contributed by atoms with Crippen molar-refractivity contribution in [2.24, 2.45) is 0 Å². The topological polar surface area (TPSA) is 83.3 Å². The van der Waals surface area contributed by atoms with Gasteiger partial charge in [0.25, 0.3) is 0 Å². The molecule has 1 atom stereocenters. The number of hydrogen-bond acceptors (Lipinski definition) is 5. The molecule has 0 unspecified atom stereocenters. The molecule has 2 N–H and O–H groups in total. The number of anilines is 2. The summed E-state index contributed by atoms with van der Waals surface area (Å²) in [6.07, 6.45) is 4.52. The van der Waals surface area contributed by atoms with Gasteiger partial charge in [0.2, 0.25) is 0 Å². The summed E-state index contributed by atoms with van der Waals surface area (Å²) in [6.45, 7) is 6.02. The number of nitrogens with zero attached hydrogens (tertiary/aromatic N) is 3. The summed E-state index contributed by atoms with van der Waals surface area (Å²) >= 11 is 0. The summed E-state index contributed by atoms with van der Waals surface area (Å²) < 4.78 is 4.92. The molecule has 3 rings (SSSR count). The van der Waals surface area contributed by atoms with E-state index in [1.54, 1.807) is 0 Å². The molecular weight excluding hydrogens is 294 g/mol. The first-order valence-electron chi connectivity index (χ1n) is 8.26. The molecule has 0 saturated carbocycles. The quantitative estimate of drug-likeness (QED) is 0.905. The van der Waals surface area contributed by atoms with Crippen LogP contribution in [0, 0.1) is 0 Å². The maximum atomic E-state index is 12.0. The van der Waals surface area contributed by atoms with E-state index in [4.69, 9.17) is 4.63 Å². The highest BCUT2D eigenvalue weighted by molar-refractivity contribution is 6.02. The maximum Gasteiger partial charge on any atom is 0.319 e. The molecule has 0 aliphatic carbocycles. The van der Waals surface area contributed by atoms with Gasteiger partial charge < -0.3 is 15.5 Å². The van der Waals surface area contributed by atoms with Gasteiger partial charge >= 0.3 is 6.03 Å². The molecule has 0 bridgehead atoms. The van der Waals surface area contributed by atoms with Crippen LogP contribution in [0.2, 0.25) is 0 Å². The Morgan fingerprint density at radius 1 is 1.26 bits per heavy atom. The lowest BCUT2D eigenvalue weighted by molar-refractivity contribution is 0.249. The average Bonchev–Trinajstić information content (AvgIpc) is 3.06. The minimum absolute atomic E-state index is 0.119. The number of carbonyl (C=O) groups excluding carboxylic acids is 1. The fourth-order valence-corrected chi connectivity index (χ4v) is 2.83. The van der Waals surface area contributed by atoms with Crippen LogP contribution >= 0.6 is 0 Å². The van der Waals surface area contributed by atoms with E-state index >= 15 is 0 Å². The Morgan fingerprint density at radius 3 is 2.74 bits per heavy atom. The third kappa shape index (κ3) is 3.38. The summed E-state index contributed by atoms with van der Waals surface area (Å²) in [4.78, 5) is 14.3. The van der Waals surface area contributed by atoms with E-state index in [9.17, 15) is 4.79 Å². The smallest absolute Gasteiger partial charge is 0.319 e. The summed E-state index contributed by atoms with van der Waals surface area (Å²) in [5.41, 5.74) is 2.93. The Kier molecular flexibility index (Phi) is 4.64. The van der Waals surface area contributed by atoms with E-state index in [-0.39, 0.29) is 12.1 Å². The van der Waals surface area contributed by atoms with E-state index in [1.807, 2.05) is 26.0 Å². The van der Waals surface area contributed by atoms with Gasteiger partial charge in [0.05, 0.1) is 11.4 Å². The monoisotopic (exact) mass is 317 g/mol. The van der Waals surface area contributed by atoms with Crippen LogP contribution in [0.1, 0.15) is 39.5 Å². The molecule has 1 saturated heterocycles. The highest BCUT2D eigenvalue weighted by Crippen LogP contribution is 2.31. The largest absolute Gasteiger partial charge is 0.370 e. The molecule has 1 fully saturated rings. The van der Waals surface area contributed by atoms with E-state index in [0.717, 1.165) is 25.2 Å². The van der Waals surface area contributed by atoms with Crippen molar-refractivity contribution < 1.29 is 9.42 Å². The van der Waals surface area contributed by atoms with Crippen molar-refractivity contribution >= 4 is 28.4 Å². The predicted molar refractivity (Wildman–Crippen MR) is 89.8 cm³/mol. The normalized spacial score (nSPS) is 16.3. The number of fused-ring (bicyclic) bond motifs is 1. The van der Waals surface area contributed by atoms with Gasteiger partial charge in [-0.1, -0.05) is 6.92 Å². The van der Waals surface area contributed by atoms with Crippen LogP contribution in [0.25, 0.3) is 11.0 Å². The van der Waals surface area contributed by atoms with Crippen LogP contribution in [0.4, 0.5) is 16.2 Å². The van der Waals surface area contributed by atoms with Crippen molar-refractivity contribution in [3.8, 4) is 0 Å². The maximum absolute atomic E-state index is 12.0. The van der Waals surface area contributed by atoms with Gasteiger partial charge in [0.1, 0.15) is 0 Å². The van der Waals surface area contributed by atoms with Crippen LogP contribution in [-0.2, 0) is 0 Å². The van der Waals surface area contributed by atoms with E-state index in [0.29, 0.717) is 16.7 Å². The second-order valence-electron chi connectivity index (χ2n) is 6.05. The van der Waals surface area contributed by atoms with Gasteiger partial charge in [-0.3, -0.25) is 0 Å². The Bertz CT molecular complexity index is 678. The molecule has 7 heteroatoms. The first-order chi connectivity index (χ1) is 11.2. The SMILES string of the molecule is CC[C@H](C)NC(=O)Nc1ccc(N2CCCCC2)c2nonc12. The van der Waals surface area contributed by atoms with Crippen LogP contribution in [0.15, 0.2) is 16.8 Å². The summed E-state index contributed by atoms with van der Waals surface area (Å²) in [7, 11) is 0. The van der Waals surface area contributed by atoms with Gasteiger partial charge in [-0.15, -0.1) is 0 Å². The molecule has 1 aromatic carbocycles. The number of carbonyl (C=O) groups is 1. The van der Waals surface area contributed by atoms with Gasteiger partial charge in [0, 0.05) is 19.1 Å². The van der Waals surface area contributed by atoms with E-state index in [2.05, 4.69) is 25.8 Å². The average molecular weight is 317 g/mol. The van der Waals surface area contributed by atoms with E-state index in [1.165, 1.54) is 19.3 Å². The van der Waals surface area contributed by atoms with Crippen molar-refractivity contribution in [2.75, 3.05) is 23.3 Å². The number of hydrogen-bond donors (Lipinski definition) is 2. The van der Waals surface area contributed by atoms with Crippen LogP contribution in [0.3, 0.4) is 0 Å². The molecular formula is C16H23N5O2. The van der Waals surface area contributed by atoms with Crippen molar-refractivity contribution in [1.82, 2.24) is 15.6 Å². The number of nitrogens with one attached hydrogen (secondary N) is 2. The Hall–Kier alpha value is -2.31. The highest BCUT2D eigenvalue weighted by atomic mass is 16.6. The van der Waals surface area contributed by atoms with Crippen LogP contribution in [-0.4, -0.2) is 35.5 Å². The third-order valence-corrected chi connectivity index (χ3v) is 4.33. The molecule has 1 aliphatic heterocycles. The number of benzene rings is 1. The zero-order valence-electron chi connectivity index (χ0n) is 13.6. The molecule has 0 spiro atoms. The van der Waals surface area contributed by atoms with Crippen LogP contribution in [0.5, 0.6) is 0 Å². The minimum atomic E-state index is -0.241. The Morgan fingerprint density at radius 2 is 2.00 bits per heavy atom. The van der Waals surface area contributed by atoms with Crippen molar-refractivity contribution in [2.45, 2.75) is 45.6 Å². The number of piperidine rings is 1. The second-order valence-corrected chi connectivity index (χ2v) is 6.05. The fraction of sp³-hybridized carbons (Fsp3) is 0.562. The summed E-state index contributed by atoms with van der Waals surface area (Å²) in [5.74, 6) is 0. The molecule has 124 valence electrons. The zero-order chi connectivity index (χ0) is 16.2. The molecule has 0 radical (unpaired) electrons. The van der Waals surface area contributed by atoms with Crippen LogP contribution < -0.4 is 15.5 Å². The third-order valence-electron chi connectivity index (χ3n) is 4.33. The fourth-order valence-electron chi connectivity index (χ4n) is 2.83. The Balaban J connectivity index is 1.83. The summed E-state index contributed by atoms with van der Waals surface area (Å²) in [5, 5.41) is 13.7. The lowest BCUT2D eigenvalue weighted by atomic mass is 10.1. The highest BCUT2D eigenvalue weighted by Gasteiger charge is 2.19. The van der Waals surface area contributed by atoms with Gasteiger partial charge in [-0.25, -0.2) is 9.42 Å². The van der Waals surface area contributed by atoms with E-state index < -0.39 is 0 Å². The number of amides is 2. The van der Waals surface area contributed by atoms with Crippen molar-refractivity contribution in [1.29, 1.82) is 0 Å². The predicted octanol–water partition coefficient (Wildman–Crippen LogP) is 3.13. The minimum Gasteiger partial charge on any atom is -0.370 e. The number of urea groups is 1. The van der Waals surface area contributed by atoms with Crippen molar-refractivity contribution in [3.63, 3.8) is 0 Å². The van der Waals surface area contributed by atoms with Crippen molar-refractivity contribution in [3.05, 3.63) is 12.1 Å². The molecule has 2 aromatic rings. The second kappa shape index (κ2) is 6.85. The first-order valence-corrected chi connectivity index (χ1v) is 8.26. The van der Waals surface area contributed by atoms with Gasteiger partial charge in [0.15, 0.2) is 11.0 Å². The molecule has 1 aromatic heterocycles. The van der Waals surface area contributed by atoms with Gasteiger partial charge in [-0.05, 0) is 55.1 Å². The molecule has 23 heavy (non-hydrogen) atoms. The molecule has 2 heterocycles. The summed E-state index contributed by atoms with van der Waals surface area (Å²) in [6, 6.07) is 3.73. The standard InChI is InChI=1S/C16H23N5O2/c1-3-11(2)17-16(22)18-12-7-8-13(15-14(12)19-23-20-15)21-9-5-4-6-10-21/h7-8,11H,3-6,9-10H2,1-2H3,(H2,17,18,22)/t11-/m0/s1. The number of rotatable bonds is 4. The lowest BCUT2D eigenvalue weighted by Gasteiger charge is -2.28.